The molecule has 0 unspecified atom stereocenters. The molecular formula is C20H20ClN3O3. The largest absolute Gasteiger partial charge is 0.495 e. The topological polar surface area (TPSA) is 83.2 Å². The predicted molar refractivity (Wildman–Crippen MR) is 109 cm³/mol. The molecule has 1 amide bonds. The van der Waals surface area contributed by atoms with Crippen LogP contribution in [0.25, 0.3) is 10.9 Å². The summed E-state index contributed by atoms with van der Waals surface area (Å²) in [6.45, 7) is 3.35. The number of methoxy groups -OCH3 is 1. The quantitative estimate of drug-likeness (QED) is 0.610. The average Bonchev–Trinajstić information content (AvgIpc) is 2.60. The molecule has 140 valence electrons. The second-order valence-corrected chi connectivity index (χ2v) is 6.66. The Bertz CT molecular complexity index is 1060. The van der Waals surface area contributed by atoms with Crippen LogP contribution in [0.3, 0.4) is 0 Å². The van der Waals surface area contributed by atoms with Gasteiger partial charge in [0.05, 0.1) is 23.7 Å². The van der Waals surface area contributed by atoms with Gasteiger partial charge in [0.2, 0.25) is 5.91 Å². The summed E-state index contributed by atoms with van der Waals surface area (Å²) in [5.74, 6) is 0.368. The number of carbonyl (C=O) groups is 1. The molecule has 0 fully saturated rings. The Labute approximate surface area is 161 Å². The molecule has 3 N–H and O–H groups in total. The van der Waals surface area contributed by atoms with Crippen LogP contribution in [0.15, 0.2) is 47.3 Å². The van der Waals surface area contributed by atoms with E-state index in [-0.39, 0.29) is 17.5 Å². The van der Waals surface area contributed by atoms with E-state index in [2.05, 4.69) is 15.6 Å². The second kappa shape index (κ2) is 7.72. The van der Waals surface area contributed by atoms with Gasteiger partial charge in [-0.3, -0.25) is 9.59 Å². The van der Waals surface area contributed by atoms with Gasteiger partial charge in [-0.2, -0.15) is 0 Å². The summed E-state index contributed by atoms with van der Waals surface area (Å²) >= 11 is 6.20. The van der Waals surface area contributed by atoms with Crippen molar-refractivity contribution < 1.29 is 9.53 Å². The molecule has 0 radical (unpaired) electrons. The number of H-pyrrole nitrogens is 1. The van der Waals surface area contributed by atoms with Crippen molar-refractivity contribution in [3.8, 4) is 5.75 Å². The van der Waals surface area contributed by atoms with E-state index in [0.717, 1.165) is 11.1 Å². The van der Waals surface area contributed by atoms with Crippen molar-refractivity contribution in [3.05, 3.63) is 63.4 Å². The number of hydrogen-bond donors (Lipinski definition) is 3. The summed E-state index contributed by atoms with van der Waals surface area (Å²) in [6, 6.07) is 12.3. The lowest BCUT2D eigenvalue weighted by Crippen LogP contribution is -2.19. The van der Waals surface area contributed by atoms with Crippen LogP contribution in [-0.2, 0) is 4.79 Å². The van der Waals surface area contributed by atoms with Crippen molar-refractivity contribution in [2.75, 3.05) is 17.7 Å². The van der Waals surface area contributed by atoms with Gasteiger partial charge in [-0.15, -0.1) is 0 Å². The summed E-state index contributed by atoms with van der Waals surface area (Å²) in [6.07, 6.45) is 0. The fraction of sp³-hybridized carbons (Fsp3) is 0.200. The van der Waals surface area contributed by atoms with Gasteiger partial charge in [-0.05, 0) is 37.3 Å². The highest BCUT2D eigenvalue weighted by atomic mass is 35.5. The number of ether oxygens (including phenoxy) is 1. The second-order valence-electron chi connectivity index (χ2n) is 6.26. The van der Waals surface area contributed by atoms with Gasteiger partial charge in [0.1, 0.15) is 5.75 Å². The van der Waals surface area contributed by atoms with E-state index in [1.807, 2.05) is 31.2 Å². The van der Waals surface area contributed by atoms with E-state index in [9.17, 15) is 9.59 Å². The number of aromatic nitrogens is 1. The molecule has 1 heterocycles. The Morgan fingerprint density at radius 3 is 2.63 bits per heavy atom. The van der Waals surface area contributed by atoms with Crippen LogP contribution >= 0.6 is 11.6 Å². The molecule has 27 heavy (non-hydrogen) atoms. The van der Waals surface area contributed by atoms with Crippen LogP contribution in [0.5, 0.6) is 5.75 Å². The summed E-state index contributed by atoms with van der Waals surface area (Å²) in [7, 11) is 1.53. The smallest absolute Gasteiger partial charge is 0.253 e. The highest BCUT2D eigenvalue weighted by Gasteiger charge is 2.13. The van der Waals surface area contributed by atoms with Gasteiger partial charge >= 0.3 is 0 Å². The summed E-state index contributed by atoms with van der Waals surface area (Å²) in [4.78, 5) is 26.6. The van der Waals surface area contributed by atoms with Crippen molar-refractivity contribution >= 4 is 39.8 Å². The lowest BCUT2D eigenvalue weighted by atomic mass is 10.1. The van der Waals surface area contributed by atoms with E-state index in [4.69, 9.17) is 16.3 Å². The first kappa shape index (κ1) is 18.8. The molecule has 0 aliphatic carbocycles. The molecule has 3 rings (SSSR count). The van der Waals surface area contributed by atoms with Gasteiger partial charge in [-0.25, -0.2) is 0 Å². The lowest BCUT2D eigenvalue weighted by Gasteiger charge is -2.16. The number of halogens is 1. The fourth-order valence-electron chi connectivity index (χ4n) is 2.92. The molecule has 2 aromatic carbocycles. The number of anilines is 2. The Morgan fingerprint density at radius 1 is 1.19 bits per heavy atom. The zero-order valence-electron chi connectivity index (χ0n) is 15.2. The maximum atomic E-state index is 12.5. The molecule has 0 saturated heterocycles. The zero-order valence-corrected chi connectivity index (χ0v) is 16.0. The number of hydrogen-bond acceptors (Lipinski definition) is 4. The van der Waals surface area contributed by atoms with Crippen LogP contribution in [0.2, 0.25) is 5.02 Å². The molecule has 0 bridgehead atoms. The molecule has 1 aromatic heterocycles. The summed E-state index contributed by atoms with van der Waals surface area (Å²) < 4.78 is 5.19. The van der Waals surface area contributed by atoms with Gasteiger partial charge in [0.25, 0.3) is 5.56 Å². The maximum Gasteiger partial charge on any atom is 0.253 e. The highest BCUT2D eigenvalue weighted by Crippen LogP contribution is 2.29. The number of nitrogens with one attached hydrogen (secondary N) is 3. The van der Waals surface area contributed by atoms with Gasteiger partial charge in [0, 0.05) is 35.3 Å². The van der Waals surface area contributed by atoms with Gasteiger partial charge in [-0.1, -0.05) is 17.7 Å². The third-order valence-electron chi connectivity index (χ3n) is 4.18. The van der Waals surface area contributed by atoms with Crippen LogP contribution < -0.4 is 20.9 Å². The van der Waals surface area contributed by atoms with Crippen LogP contribution in [-0.4, -0.2) is 18.0 Å². The Kier molecular flexibility index (Phi) is 5.37. The summed E-state index contributed by atoms with van der Waals surface area (Å²) in [5, 5.41) is 7.32. The monoisotopic (exact) mass is 385 g/mol. The van der Waals surface area contributed by atoms with Gasteiger partial charge < -0.3 is 20.4 Å². The minimum atomic E-state index is -0.258. The number of carbonyl (C=O) groups excluding carboxylic acids is 1. The SMILES string of the molecule is COc1cc2[nH]c(=O)c([C@H](C)Nc3cccc(NC(C)=O)c3)cc2cc1Cl. The number of rotatable bonds is 5. The normalized spacial score (nSPS) is 11.9. The molecule has 3 aromatic rings. The fourth-order valence-corrected chi connectivity index (χ4v) is 3.17. The number of benzene rings is 2. The molecule has 0 spiro atoms. The van der Waals surface area contributed by atoms with Crippen molar-refractivity contribution in [1.29, 1.82) is 0 Å². The molecular weight excluding hydrogens is 366 g/mol. The van der Waals surface area contributed by atoms with Crippen molar-refractivity contribution in [2.24, 2.45) is 0 Å². The Hall–Kier alpha value is -2.99. The molecule has 1 atom stereocenters. The first-order valence-corrected chi connectivity index (χ1v) is 8.80. The van der Waals surface area contributed by atoms with Crippen molar-refractivity contribution in [1.82, 2.24) is 4.98 Å². The molecule has 0 aliphatic rings. The standard InChI is InChI=1S/C20H20ClN3O3/c1-11(22-14-5-4-6-15(9-14)23-12(2)25)16-7-13-8-17(21)19(27-3)10-18(13)24-20(16)26/h4-11,22H,1-3H3,(H,23,25)(H,24,26)/t11-/m0/s1. The van der Waals surface area contributed by atoms with E-state index < -0.39 is 0 Å². The first-order valence-electron chi connectivity index (χ1n) is 8.42. The van der Waals surface area contributed by atoms with E-state index in [1.165, 1.54) is 14.0 Å². The minimum Gasteiger partial charge on any atom is -0.495 e. The zero-order chi connectivity index (χ0) is 19.6. The van der Waals surface area contributed by atoms with Crippen molar-refractivity contribution in [2.45, 2.75) is 19.9 Å². The number of amides is 1. The van der Waals surface area contributed by atoms with Gasteiger partial charge in [0.15, 0.2) is 0 Å². The minimum absolute atomic E-state index is 0.140. The Balaban J connectivity index is 1.91. The molecule has 6 nitrogen and oxygen atoms in total. The average molecular weight is 386 g/mol. The number of fused-ring (bicyclic) bond motifs is 1. The first-order chi connectivity index (χ1) is 12.9. The van der Waals surface area contributed by atoms with Crippen molar-refractivity contribution in [3.63, 3.8) is 0 Å². The Morgan fingerprint density at radius 2 is 1.93 bits per heavy atom. The highest BCUT2D eigenvalue weighted by molar-refractivity contribution is 6.32. The molecule has 0 aliphatic heterocycles. The molecule has 0 saturated carbocycles. The van der Waals surface area contributed by atoms with Crippen LogP contribution in [0.4, 0.5) is 11.4 Å². The van der Waals surface area contributed by atoms with Crippen LogP contribution in [0.1, 0.15) is 25.5 Å². The van der Waals surface area contributed by atoms with Crippen LogP contribution in [0, 0.1) is 0 Å². The van der Waals surface area contributed by atoms with E-state index in [0.29, 0.717) is 27.5 Å². The lowest BCUT2D eigenvalue weighted by molar-refractivity contribution is -0.114. The number of pyridine rings is 1. The number of aromatic amines is 1. The third kappa shape index (κ3) is 4.23. The van der Waals surface area contributed by atoms with E-state index >= 15 is 0 Å². The predicted octanol–water partition coefficient (Wildman–Crippen LogP) is 4.32. The third-order valence-corrected chi connectivity index (χ3v) is 4.47. The van der Waals surface area contributed by atoms with E-state index in [1.54, 1.807) is 18.2 Å². The molecule has 7 heteroatoms. The maximum absolute atomic E-state index is 12.5. The summed E-state index contributed by atoms with van der Waals surface area (Å²) in [5.41, 5.74) is 2.52.